The predicted octanol–water partition coefficient (Wildman–Crippen LogP) is 2.38. The van der Waals surface area contributed by atoms with Crippen molar-refractivity contribution in [3.63, 3.8) is 0 Å². The number of imidazole rings is 1. The highest BCUT2D eigenvalue weighted by Crippen LogP contribution is 2.50. The van der Waals surface area contributed by atoms with Crippen LogP contribution in [-0.4, -0.2) is 50.6 Å². The van der Waals surface area contributed by atoms with E-state index in [2.05, 4.69) is 20.3 Å². The molecule has 0 aromatic carbocycles. The van der Waals surface area contributed by atoms with Gasteiger partial charge in [0.1, 0.15) is 6.35 Å². The van der Waals surface area contributed by atoms with E-state index in [0.717, 1.165) is 0 Å². The summed E-state index contributed by atoms with van der Waals surface area (Å²) in [4.78, 5) is 23.1. The molecular weight excluding hydrogens is 387 g/mol. The van der Waals surface area contributed by atoms with E-state index in [1.165, 1.54) is 0 Å². The van der Waals surface area contributed by atoms with Gasteiger partial charge >= 0.3 is 7.60 Å². The third-order valence-corrected chi connectivity index (χ3v) is 5.34. The van der Waals surface area contributed by atoms with Gasteiger partial charge in [-0.05, 0) is 34.6 Å². The lowest BCUT2D eigenvalue weighted by atomic mass is 10.4. The van der Waals surface area contributed by atoms with Gasteiger partial charge in [-0.25, -0.2) is 4.98 Å². The van der Waals surface area contributed by atoms with Gasteiger partial charge in [0, 0.05) is 0 Å². The van der Waals surface area contributed by atoms with Crippen LogP contribution in [0.4, 0.5) is 11.8 Å². The first kappa shape index (κ1) is 22.2. The fourth-order valence-electron chi connectivity index (χ4n) is 2.53. The molecule has 28 heavy (non-hydrogen) atoms. The average Bonchev–Trinajstić information content (AvgIpc) is 2.94. The minimum Gasteiger partial charge on any atom is -0.368 e. The van der Waals surface area contributed by atoms with Gasteiger partial charge in [-0.3, -0.25) is 9.36 Å². The Morgan fingerprint density at radius 3 is 2.43 bits per heavy atom. The van der Waals surface area contributed by atoms with Crippen LogP contribution >= 0.6 is 7.60 Å². The Bertz CT molecular complexity index is 841. The molecule has 0 spiro atoms. The van der Waals surface area contributed by atoms with E-state index in [1.54, 1.807) is 38.6 Å². The largest absolute Gasteiger partial charge is 0.368 e. The van der Waals surface area contributed by atoms with Crippen LogP contribution < -0.4 is 11.1 Å². The fourth-order valence-corrected chi connectivity index (χ4v) is 4.42. The standard InChI is InChI=1S/C16H27N6O5P/c1-10(2)26-28(24,27-11(3)4)9-25-12(5)6-22-7-18-13-14(19-8-23)20-16(17)21-15(13)22/h7-8,10-12H,6,9H2,1-5H3,(H3,17,19,20,21,23)/t12-/m1/s1. The first-order valence-electron chi connectivity index (χ1n) is 8.89. The number of ether oxygens (including phenoxy) is 1. The number of carbonyl (C=O) groups is 1. The Kier molecular flexibility index (Phi) is 7.48. The number of nitrogen functional groups attached to an aromatic ring is 1. The summed E-state index contributed by atoms with van der Waals surface area (Å²) in [6.07, 6.45) is 0.993. The number of fused-ring (bicyclic) bond motifs is 1. The second-order valence-corrected chi connectivity index (χ2v) is 8.69. The summed E-state index contributed by atoms with van der Waals surface area (Å²) in [6.45, 7) is 9.31. The highest BCUT2D eigenvalue weighted by molar-refractivity contribution is 7.53. The Hall–Kier alpha value is -2.07. The zero-order valence-electron chi connectivity index (χ0n) is 16.7. The molecule has 0 aliphatic carbocycles. The van der Waals surface area contributed by atoms with E-state index in [4.69, 9.17) is 19.5 Å². The summed E-state index contributed by atoms with van der Waals surface area (Å²) in [5, 5.41) is 2.45. The SMILES string of the molecule is CC(C)OP(=O)(CO[C@H](C)Cn1cnc2c(NC=O)nc(N)nc21)OC(C)C. The molecule has 0 aliphatic rings. The minimum atomic E-state index is -3.39. The van der Waals surface area contributed by atoms with Gasteiger partial charge in [0.15, 0.2) is 17.0 Å². The van der Waals surface area contributed by atoms with Crippen molar-refractivity contribution in [1.29, 1.82) is 0 Å². The highest BCUT2D eigenvalue weighted by atomic mass is 31.2. The Balaban J connectivity index is 2.11. The Morgan fingerprint density at radius 1 is 1.21 bits per heavy atom. The topological polar surface area (TPSA) is 143 Å². The highest BCUT2D eigenvalue weighted by Gasteiger charge is 2.29. The van der Waals surface area contributed by atoms with Gasteiger partial charge in [0.05, 0.1) is 31.2 Å². The zero-order chi connectivity index (χ0) is 20.9. The quantitative estimate of drug-likeness (QED) is 0.418. The molecule has 0 unspecified atom stereocenters. The number of anilines is 2. The number of hydrogen-bond acceptors (Lipinski definition) is 9. The molecule has 11 nitrogen and oxygen atoms in total. The van der Waals surface area contributed by atoms with E-state index >= 15 is 0 Å². The van der Waals surface area contributed by atoms with E-state index in [1.807, 2.05) is 6.92 Å². The minimum absolute atomic E-state index is 0.00680. The van der Waals surface area contributed by atoms with Gasteiger partial charge in [-0.15, -0.1) is 0 Å². The number of hydrogen-bond donors (Lipinski definition) is 2. The number of nitrogens with one attached hydrogen (secondary N) is 1. The molecule has 0 radical (unpaired) electrons. The van der Waals surface area contributed by atoms with Crippen molar-refractivity contribution in [1.82, 2.24) is 19.5 Å². The van der Waals surface area contributed by atoms with Crippen LogP contribution in [0.3, 0.4) is 0 Å². The lowest BCUT2D eigenvalue weighted by molar-refractivity contribution is -0.105. The van der Waals surface area contributed by atoms with E-state index < -0.39 is 7.60 Å². The lowest BCUT2D eigenvalue weighted by Gasteiger charge is -2.24. The first-order valence-corrected chi connectivity index (χ1v) is 10.6. The second-order valence-electron chi connectivity index (χ2n) is 6.79. The van der Waals surface area contributed by atoms with Gasteiger partial charge in [-0.2, -0.15) is 9.97 Å². The molecule has 1 atom stereocenters. The number of nitrogens with two attached hydrogens (primary N) is 1. The normalized spacial score (nSPS) is 13.4. The number of nitrogens with zero attached hydrogens (tertiary/aromatic N) is 4. The van der Waals surface area contributed by atoms with Crippen LogP contribution in [0.25, 0.3) is 11.2 Å². The maximum absolute atomic E-state index is 12.8. The van der Waals surface area contributed by atoms with Crippen molar-refractivity contribution in [2.24, 2.45) is 0 Å². The summed E-state index contributed by atoms with van der Waals surface area (Å²) >= 11 is 0. The number of carbonyl (C=O) groups excluding carboxylic acids is 1. The maximum Gasteiger partial charge on any atom is 0.356 e. The van der Waals surface area contributed by atoms with Gasteiger partial charge in [-0.1, -0.05) is 0 Å². The van der Waals surface area contributed by atoms with Crippen molar-refractivity contribution in [2.75, 3.05) is 17.4 Å². The second kappa shape index (κ2) is 9.42. The van der Waals surface area contributed by atoms with E-state index in [9.17, 15) is 9.36 Å². The predicted molar refractivity (Wildman–Crippen MR) is 105 cm³/mol. The molecule has 0 aliphatic heterocycles. The summed E-state index contributed by atoms with van der Waals surface area (Å²) in [6, 6.07) is 0. The molecule has 0 bridgehead atoms. The monoisotopic (exact) mass is 414 g/mol. The van der Waals surface area contributed by atoms with Crippen LogP contribution in [0.15, 0.2) is 6.33 Å². The summed E-state index contributed by atoms with van der Waals surface area (Å²) < 4.78 is 31.2. The molecule has 156 valence electrons. The molecule has 12 heteroatoms. The number of rotatable bonds is 11. The van der Waals surface area contributed by atoms with Gasteiger partial charge in [0.25, 0.3) is 0 Å². The summed E-state index contributed by atoms with van der Waals surface area (Å²) in [5.74, 6) is 0.234. The van der Waals surface area contributed by atoms with Crippen LogP contribution in [-0.2, 0) is 29.7 Å². The van der Waals surface area contributed by atoms with Crippen molar-refractivity contribution in [3.05, 3.63) is 6.33 Å². The molecule has 2 rings (SSSR count). The molecule has 3 N–H and O–H groups in total. The van der Waals surface area contributed by atoms with E-state index in [-0.39, 0.29) is 36.4 Å². The third-order valence-electron chi connectivity index (χ3n) is 3.39. The average molecular weight is 414 g/mol. The molecule has 0 saturated heterocycles. The molecular formula is C16H27N6O5P. The van der Waals surface area contributed by atoms with Crippen LogP contribution in [0.5, 0.6) is 0 Å². The van der Waals surface area contributed by atoms with E-state index in [0.29, 0.717) is 24.1 Å². The van der Waals surface area contributed by atoms with Crippen LogP contribution in [0.2, 0.25) is 0 Å². The van der Waals surface area contributed by atoms with Crippen molar-refractivity contribution < 1.29 is 23.1 Å². The van der Waals surface area contributed by atoms with Crippen molar-refractivity contribution >= 4 is 36.9 Å². The fraction of sp³-hybridized carbons (Fsp3) is 0.625. The molecule has 2 aromatic rings. The summed E-state index contributed by atoms with van der Waals surface area (Å²) in [5.41, 5.74) is 6.56. The molecule has 0 saturated carbocycles. The molecule has 2 aromatic heterocycles. The Labute approximate surface area is 163 Å². The number of amides is 1. The smallest absolute Gasteiger partial charge is 0.356 e. The van der Waals surface area contributed by atoms with Gasteiger partial charge in [0.2, 0.25) is 12.4 Å². The van der Waals surface area contributed by atoms with Gasteiger partial charge < -0.3 is 29.4 Å². The molecule has 1 amide bonds. The molecule has 0 fully saturated rings. The zero-order valence-corrected chi connectivity index (χ0v) is 17.6. The van der Waals surface area contributed by atoms with Crippen LogP contribution in [0.1, 0.15) is 34.6 Å². The third kappa shape index (κ3) is 5.96. The summed E-state index contributed by atoms with van der Waals surface area (Å²) in [7, 11) is -3.39. The lowest BCUT2D eigenvalue weighted by Crippen LogP contribution is -2.19. The van der Waals surface area contributed by atoms with Crippen molar-refractivity contribution in [3.8, 4) is 0 Å². The Morgan fingerprint density at radius 2 is 1.86 bits per heavy atom. The first-order chi connectivity index (χ1) is 13.1. The number of aromatic nitrogens is 4. The van der Waals surface area contributed by atoms with Crippen molar-refractivity contribution in [2.45, 2.75) is 59.5 Å². The molecule has 2 heterocycles. The van der Waals surface area contributed by atoms with Crippen LogP contribution in [0, 0.1) is 0 Å². The maximum atomic E-state index is 12.8.